The fourth-order valence-electron chi connectivity index (χ4n) is 3.36. The largest absolute Gasteiger partial charge is 0.396 e. The van der Waals surface area contributed by atoms with Crippen LogP contribution in [-0.2, 0) is 6.54 Å². The van der Waals surface area contributed by atoms with Crippen LogP contribution in [0.3, 0.4) is 0 Å². The molecule has 1 unspecified atom stereocenters. The van der Waals surface area contributed by atoms with Crippen molar-refractivity contribution in [2.24, 2.45) is 5.92 Å². The van der Waals surface area contributed by atoms with Crippen LogP contribution in [0.5, 0.6) is 0 Å². The van der Waals surface area contributed by atoms with Gasteiger partial charge in [-0.25, -0.2) is 0 Å². The third-order valence-corrected chi connectivity index (χ3v) is 4.82. The normalized spacial score (nSPS) is 17.7. The van der Waals surface area contributed by atoms with Crippen molar-refractivity contribution in [3.63, 3.8) is 0 Å². The molecule has 0 spiro atoms. The highest BCUT2D eigenvalue weighted by molar-refractivity contribution is 5.96. The minimum Gasteiger partial charge on any atom is -0.396 e. The summed E-state index contributed by atoms with van der Waals surface area (Å²) in [5.41, 5.74) is 4.14. The van der Waals surface area contributed by atoms with E-state index in [1.54, 1.807) is 0 Å². The van der Waals surface area contributed by atoms with Gasteiger partial charge in [0.05, 0.1) is 5.56 Å². The average Bonchev–Trinajstić information content (AvgIpc) is 3.15. The van der Waals surface area contributed by atoms with Crippen LogP contribution in [0.2, 0.25) is 0 Å². The summed E-state index contributed by atoms with van der Waals surface area (Å²) in [6.45, 7) is 6.42. The number of aryl methyl sites for hydroxylation is 1. The Morgan fingerprint density at radius 1 is 1.26 bits per heavy atom. The molecule has 1 amide bonds. The molecule has 2 aromatic rings. The molecule has 1 aliphatic heterocycles. The van der Waals surface area contributed by atoms with Gasteiger partial charge in [-0.1, -0.05) is 30.3 Å². The number of benzene rings is 1. The molecule has 1 aromatic heterocycles. The summed E-state index contributed by atoms with van der Waals surface area (Å²) in [6, 6.07) is 12.3. The van der Waals surface area contributed by atoms with Gasteiger partial charge in [-0.2, -0.15) is 0 Å². The molecule has 0 radical (unpaired) electrons. The Morgan fingerprint density at radius 3 is 2.65 bits per heavy atom. The summed E-state index contributed by atoms with van der Waals surface area (Å²) in [5.74, 6) is 0.320. The SMILES string of the molecule is Cc1cc(C(=O)N2CCC(CO)C2)c(C)n1Cc1ccccc1. The Balaban J connectivity index is 1.82. The van der Waals surface area contributed by atoms with Gasteiger partial charge in [-0.3, -0.25) is 4.79 Å². The number of likely N-dealkylation sites (tertiary alicyclic amines) is 1. The number of carbonyl (C=O) groups is 1. The topological polar surface area (TPSA) is 45.5 Å². The summed E-state index contributed by atoms with van der Waals surface area (Å²) < 4.78 is 2.20. The Hall–Kier alpha value is -2.07. The fraction of sp³-hybridized carbons (Fsp3) is 0.421. The summed E-state index contributed by atoms with van der Waals surface area (Å²) in [7, 11) is 0. The number of carbonyl (C=O) groups excluding carboxylic acids is 1. The van der Waals surface area contributed by atoms with Crippen LogP contribution in [-0.4, -0.2) is 40.2 Å². The standard InChI is InChI=1S/C19H24N2O2/c1-14-10-18(19(23)20-9-8-17(11-20)13-22)15(2)21(14)12-16-6-4-3-5-7-16/h3-7,10,17,22H,8-9,11-13H2,1-2H3. The Kier molecular flexibility index (Phi) is 4.53. The van der Waals surface area contributed by atoms with Crippen LogP contribution in [0, 0.1) is 19.8 Å². The molecule has 4 heteroatoms. The Bertz CT molecular complexity index is 691. The molecule has 1 saturated heterocycles. The maximum absolute atomic E-state index is 12.8. The van der Waals surface area contributed by atoms with Gasteiger partial charge < -0.3 is 14.6 Å². The van der Waals surface area contributed by atoms with Crippen molar-refractivity contribution >= 4 is 5.91 Å². The number of aliphatic hydroxyl groups is 1. The highest BCUT2D eigenvalue weighted by Crippen LogP contribution is 2.23. The molecule has 1 aromatic carbocycles. The molecule has 4 nitrogen and oxygen atoms in total. The van der Waals surface area contributed by atoms with Crippen LogP contribution in [0.1, 0.15) is 33.7 Å². The molecule has 2 heterocycles. The second kappa shape index (κ2) is 6.59. The van der Waals surface area contributed by atoms with Crippen molar-refractivity contribution in [3.8, 4) is 0 Å². The number of aliphatic hydroxyl groups excluding tert-OH is 1. The van der Waals surface area contributed by atoms with E-state index < -0.39 is 0 Å². The fourth-order valence-corrected chi connectivity index (χ4v) is 3.36. The van der Waals surface area contributed by atoms with E-state index in [0.717, 1.165) is 36.5 Å². The molecule has 0 aliphatic carbocycles. The van der Waals surface area contributed by atoms with Crippen molar-refractivity contribution in [2.75, 3.05) is 19.7 Å². The first kappa shape index (κ1) is 15.8. The van der Waals surface area contributed by atoms with Crippen LogP contribution >= 0.6 is 0 Å². The Morgan fingerprint density at radius 2 is 2.00 bits per heavy atom. The molecule has 122 valence electrons. The number of amides is 1. The van der Waals surface area contributed by atoms with Gasteiger partial charge in [-0.05, 0) is 31.9 Å². The second-order valence-corrected chi connectivity index (χ2v) is 6.44. The first-order valence-corrected chi connectivity index (χ1v) is 8.21. The first-order valence-electron chi connectivity index (χ1n) is 8.21. The third kappa shape index (κ3) is 3.17. The van der Waals surface area contributed by atoms with E-state index in [9.17, 15) is 9.90 Å². The predicted molar refractivity (Wildman–Crippen MR) is 90.5 cm³/mol. The average molecular weight is 312 g/mol. The van der Waals surface area contributed by atoms with Crippen molar-refractivity contribution in [2.45, 2.75) is 26.8 Å². The molecule has 1 atom stereocenters. The van der Waals surface area contributed by atoms with Crippen molar-refractivity contribution in [3.05, 3.63) is 58.9 Å². The maximum Gasteiger partial charge on any atom is 0.255 e. The van der Waals surface area contributed by atoms with Gasteiger partial charge in [0.25, 0.3) is 5.91 Å². The molecule has 0 bridgehead atoms. The minimum atomic E-state index is 0.0911. The lowest BCUT2D eigenvalue weighted by Gasteiger charge is -2.16. The van der Waals surface area contributed by atoms with Crippen molar-refractivity contribution in [1.29, 1.82) is 0 Å². The highest BCUT2D eigenvalue weighted by Gasteiger charge is 2.28. The maximum atomic E-state index is 12.8. The summed E-state index contributed by atoms with van der Waals surface area (Å²) in [6.07, 6.45) is 0.894. The van der Waals surface area contributed by atoms with Gasteiger partial charge in [0.1, 0.15) is 0 Å². The van der Waals surface area contributed by atoms with Crippen LogP contribution in [0.4, 0.5) is 0 Å². The quantitative estimate of drug-likeness (QED) is 0.943. The van der Waals surface area contributed by atoms with Crippen molar-refractivity contribution < 1.29 is 9.90 Å². The lowest BCUT2D eigenvalue weighted by atomic mass is 10.1. The molecule has 3 rings (SSSR count). The molecular formula is C19H24N2O2. The third-order valence-electron chi connectivity index (χ3n) is 4.82. The summed E-state index contributed by atoms with van der Waals surface area (Å²) in [5, 5.41) is 9.26. The van der Waals surface area contributed by atoms with E-state index in [4.69, 9.17) is 0 Å². The number of rotatable bonds is 4. The smallest absolute Gasteiger partial charge is 0.255 e. The lowest BCUT2D eigenvalue weighted by molar-refractivity contribution is 0.0781. The number of hydrogen-bond acceptors (Lipinski definition) is 2. The van der Waals surface area contributed by atoms with E-state index >= 15 is 0 Å². The van der Waals surface area contributed by atoms with Gasteiger partial charge in [-0.15, -0.1) is 0 Å². The zero-order valence-electron chi connectivity index (χ0n) is 13.8. The van der Waals surface area contributed by atoms with E-state index in [1.807, 2.05) is 43.0 Å². The number of nitrogens with zero attached hydrogens (tertiary/aromatic N) is 2. The number of hydrogen-bond donors (Lipinski definition) is 1. The van der Waals surface area contributed by atoms with Crippen LogP contribution in [0.25, 0.3) is 0 Å². The summed E-state index contributed by atoms with van der Waals surface area (Å²) >= 11 is 0. The minimum absolute atomic E-state index is 0.0911. The highest BCUT2D eigenvalue weighted by atomic mass is 16.3. The Labute approximate surface area is 137 Å². The van der Waals surface area contributed by atoms with Crippen LogP contribution in [0.15, 0.2) is 36.4 Å². The lowest BCUT2D eigenvalue weighted by Crippen LogP contribution is -2.29. The summed E-state index contributed by atoms with van der Waals surface area (Å²) in [4.78, 5) is 14.6. The van der Waals surface area contributed by atoms with Gasteiger partial charge >= 0.3 is 0 Å². The monoisotopic (exact) mass is 312 g/mol. The first-order chi connectivity index (χ1) is 11.1. The van der Waals surface area contributed by atoms with E-state index in [-0.39, 0.29) is 18.4 Å². The molecule has 23 heavy (non-hydrogen) atoms. The molecular weight excluding hydrogens is 288 g/mol. The molecule has 1 aliphatic rings. The van der Waals surface area contributed by atoms with E-state index in [0.29, 0.717) is 6.54 Å². The van der Waals surface area contributed by atoms with E-state index in [2.05, 4.69) is 16.7 Å². The second-order valence-electron chi connectivity index (χ2n) is 6.44. The zero-order chi connectivity index (χ0) is 16.4. The van der Waals surface area contributed by atoms with E-state index in [1.165, 1.54) is 5.56 Å². The van der Waals surface area contributed by atoms with Crippen molar-refractivity contribution in [1.82, 2.24) is 9.47 Å². The van der Waals surface area contributed by atoms with Crippen LogP contribution < -0.4 is 0 Å². The molecule has 0 saturated carbocycles. The molecule has 1 N–H and O–H groups in total. The van der Waals surface area contributed by atoms with Gasteiger partial charge in [0, 0.05) is 43.5 Å². The zero-order valence-corrected chi connectivity index (χ0v) is 13.8. The van der Waals surface area contributed by atoms with Gasteiger partial charge in [0.15, 0.2) is 0 Å². The molecule has 1 fully saturated rings. The number of aromatic nitrogens is 1. The van der Waals surface area contributed by atoms with Gasteiger partial charge in [0.2, 0.25) is 0 Å². The predicted octanol–water partition coefficient (Wildman–Crippen LogP) is 2.61.